The van der Waals surface area contributed by atoms with Gasteiger partial charge < -0.3 is 20.7 Å². The molecule has 0 atom stereocenters. The lowest BCUT2D eigenvalue weighted by Crippen LogP contribution is -2.34. The summed E-state index contributed by atoms with van der Waals surface area (Å²) in [4.78, 5) is 34.8. The zero-order valence-corrected chi connectivity index (χ0v) is 22.7. The van der Waals surface area contributed by atoms with Crippen molar-refractivity contribution in [3.8, 4) is 17.1 Å². The molecule has 0 aliphatic carbocycles. The number of rotatable bonds is 7. The summed E-state index contributed by atoms with van der Waals surface area (Å²) in [6.07, 6.45) is 0. The van der Waals surface area contributed by atoms with Gasteiger partial charge in [-0.3, -0.25) is 9.59 Å². The van der Waals surface area contributed by atoms with Crippen molar-refractivity contribution >= 4 is 45.8 Å². The minimum atomic E-state index is -0.507. The van der Waals surface area contributed by atoms with E-state index in [2.05, 4.69) is 20.9 Å². The highest BCUT2D eigenvalue weighted by Gasteiger charge is 2.21. The minimum absolute atomic E-state index is 0.0773. The fourth-order valence-corrected chi connectivity index (χ4v) is 3.97. The topological polar surface area (TPSA) is 105 Å². The summed E-state index contributed by atoms with van der Waals surface area (Å²) >= 11 is 6.35. The summed E-state index contributed by atoms with van der Waals surface area (Å²) in [5, 5.41) is 10.1. The number of nitrogens with zero attached hydrogens (tertiary/aromatic N) is 2. The third-order valence-electron chi connectivity index (χ3n) is 5.95. The molecule has 4 rings (SSSR count). The number of amides is 2. The molecule has 2 amide bonds. The lowest BCUT2D eigenvalue weighted by atomic mass is 9.95. The third-order valence-corrected chi connectivity index (χ3v) is 6.28. The number of carbonyl (C=O) groups is 2. The van der Waals surface area contributed by atoms with Crippen LogP contribution < -0.4 is 20.7 Å². The number of methoxy groups -OCH3 is 1. The summed E-state index contributed by atoms with van der Waals surface area (Å²) in [5.41, 5.74) is 2.63. The normalized spacial score (nSPS) is 11.2. The van der Waals surface area contributed by atoms with Crippen molar-refractivity contribution in [2.24, 2.45) is 5.41 Å². The predicted molar refractivity (Wildman–Crippen MR) is 152 cm³/mol. The van der Waals surface area contributed by atoms with Gasteiger partial charge in [0.2, 0.25) is 5.91 Å². The Kier molecular flexibility index (Phi) is 7.83. The van der Waals surface area contributed by atoms with Gasteiger partial charge in [0.1, 0.15) is 11.6 Å². The van der Waals surface area contributed by atoms with E-state index < -0.39 is 5.41 Å². The molecule has 0 aliphatic rings. The summed E-state index contributed by atoms with van der Waals surface area (Å²) in [6.45, 7) is 5.83. The van der Waals surface area contributed by atoms with Crippen LogP contribution in [-0.4, -0.2) is 35.9 Å². The molecule has 0 saturated heterocycles. The first-order chi connectivity index (χ1) is 18.1. The average Bonchev–Trinajstić information content (AvgIpc) is 2.91. The lowest BCUT2D eigenvalue weighted by molar-refractivity contribution is -0.128. The van der Waals surface area contributed by atoms with E-state index in [1.54, 1.807) is 44.5 Å². The van der Waals surface area contributed by atoms with Crippen molar-refractivity contribution in [3.63, 3.8) is 0 Å². The maximum Gasteiger partial charge on any atom is 0.257 e. The Morgan fingerprint density at radius 1 is 0.974 bits per heavy atom. The van der Waals surface area contributed by atoms with Crippen LogP contribution in [-0.2, 0) is 11.3 Å². The quantitative estimate of drug-likeness (QED) is 0.273. The Hall–Kier alpha value is -4.17. The second kappa shape index (κ2) is 11.1. The first-order valence-electron chi connectivity index (χ1n) is 12.1. The Morgan fingerprint density at radius 2 is 1.71 bits per heavy atom. The van der Waals surface area contributed by atoms with Crippen molar-refractivity contribution in [1.29, 1.82) is 0 Å². The molecule has 3 aromatic carbocycles. The van der Waals surface area contributed by atoms with Crippen LogP contribution in [0.2, 0.25) is 5.02 Å². The predicted octanol–water partition coefficient (Wildman–Crippen LogP) is 5.92. The summed E-state index contributed by atoms with van der Waals surface area (Å²) in [5.74, 6) is 1.52. The van der Waals surface area contributed by atoms with E-state index in [9.17, 15) is 9.59 Å². The molecule has 0 radical (unpaired) electrons. The smallest absolute Gasteiger partial charge is 0.257 e. The number of fused-ring (bicyclic) bond motifs is 1. The van der Waals surface area contributed by atoms with Crippen LogP contribution in [0.3, 0.4) is 0 Å². The third kappa shape index (κ3) is 6.03. The molecule has 0 aliphatic heterocycles. The molecule has 196 valence electrons. The Labute approximate surface area is 226 Å². The first-order valence-corrected chi connectivity index (χ1v) is 12.5. The van der Waals surface area contributed by atoms with Crippen LogP contribution in [0, 0.1) is 5.41 Å². The van der Waals surface area contributed by atoms with Gasteiger partial charge in [-0.1, -0.05) is 38.4 Å². The number of aromatic nitrogens is 2. The fourth-order valence-electron chi connectivity index (χ4n) is 3.77. The van der Waals surface area contributed by atoms with E-state index in [0.717, 1.165) is 22.3 Å². The maximum absolute atomic E-state index is 13.2. The van der Waals surface area contributed by atoms with Crippen LogP contribution >= 0.6 is 11.6 Å². The summed E-state index contributed by atoms with van der Waals surface area (Å²) < 4.78 is 5.24. The largest absolute Gasteiger partial charge is 0.497 e. The van der Waals surface area contributed by atoms with Crippen molar-refractivity contribution in [2.45, 2.75) is 27.3 Å². The SMILES string of the molecule is CNc1nc(-c2ccc(OC)cc2)nc2cc(NC(=O)c3cc(CNC(=O)C(C)(C)C)ccc3Cl)ccc12. The average molecular weight is 532 g/mol. The van der Waals surface area contributed by atoms with Crippen LogP contribution in [0.15, 0.2) is 60.7 Å². The molecule has 0 saturated carbocycles. The molecule has 0 fully saturated rings. The number of ether oxygens (including phenoxy) is 1. The van der Waals surface area contributed by atoms with Crippen LogP contribution in [0.4, 0.5) is 11.5 Å². The lowest BCUT2D eigenvalue weighted by Gasteiger charge is -2.18. The van der Waals surface area contributed by atoms with E-state index in [0.29, 0.717) is 40.0 Å². The van der Waals surface area contributed by atoms with Gasteiger partial charge in [-0.2, -0.15) is 0 Å². The van der Waals surface area contributed by atoms with Crippen LogP contribution in [0.25, 0.3) is 22.3 Å². The molecule has 38 heavy (non-hydrogen) atoms. The van der Waals surface area contributed by atoms with Gasteiger partial charge in [0.15, 0.2) is 5.82 Å². The highest BCUT2D eigenvalue weighted by atomic mass is 35.5. The molecule has 3 N–H and O–H groups in total. The molecule has 4 aromatic rings. The Bertz CT molecular complexity index is 1500. The maximum atomic E-state index is 13.2. The van der Waals surface area contributed by atoms with Gasteiger partial charge in [0.05, 0.1) is 23.2 Å². The number of carbonyl (C=O) groups excluding carboxylic acids is 2. The number of benzene rings is 3. The van der Waals surface area contributed by atoms with Crippen molar-refractivity contribution in [1.82, 2.24) is 15.3 Å². The number of nitrogens with one attached hydrogen (secondary N) is 3. The van der Waals surface area contributed by atoms with E-state index in [-0.39, 0.29) is 11.8 Å². The molecule has 0 unspecified atom stereocenters. The highest BCUT2D eigenvalue weighted by Crippen LogP contribution is 2.28. The molecule has 9 heteroatoms. The van der Waals surface area contributed by atoms with Crippen molar-refractivity contribution < 1.29 is 14.3 Å². The summed E-state index contributed by atoms with van der Waals surface area (Å²) in [6, 6.07) is 18.1. The first kappa shape index (κ1) is 26.9. The van der Waals surface area contributed by atoms with Crippen LogP contribution in [0.5, 0.6) is 5.75 Å². The molecular formula is C29H30ClN5O3. The number of hydrogen-bond donors (Lipinski definition) is 3. The molecule has 0 spiro atoms. The Morgan fingerprint density at radius 3 is 2.37 bits per heavy atom. The number of halogens is 1. The molecule has 0 bridgehead atoms. The monoisotopic (exact) mass is 531 g/mol. The van der Waals surface area contributed by atoms with Gasteiger partial charge in [0, 0.05) is 35.6 Å². The van der Waals surface area contributed by atoms with Crippen molar-refractivity contribution in [3.05, 3.63) is 76.8 Å². The van der Waals surface area contributed by atoms with Gasteiger partial charge in [0.25, 0.3) is 5.91 Å². The van der Waals surface area contributed by atoms with Gasteiger partial charge in [-0.15, -0.1) is 0 Å². The second-order valence-electron chi connectivity index (χ2n) is 9.81. The minimum Gasteiger partial charge on any atom is -0.497 e. The van der Waals surface area contributed by atoms with E-state index >= 15 is 0 Å². The zero-order valence-electron chi connectivity index (χ0n) is 22.0. The highest BCUT2D eigenvalue weighted by molar-refractivity contribution is 6.34. The zero-order chi connectivity index (χ0) is 27.4. The molecule has 8 nitrogen and oxygen atoms in total. The van der Waals surface area contributed by atoms with Crippen LogP contribution in [0.1, 0.15) is 36.7 Å². The van der Waals surface area contributed by atoms with E-state index in [1.165, 1.54) is 0 Å². The molecular weight excluding hydrogens is 502 g/mol. The van der Waals surface area contributed by atoms with Gasteiger partial charge >= 0.3 is 0 Å². The number of anilines is 2. The van der Waals surface area contributed by atoms with E-state index in [4.69, 9.17) is 21.3 Å². The molecule has 1 aromatic heterocycles. The van der Waals surface area contributed by atoms with Gasteiger partial charge in [-0.25, -0.2) is 9.97 Å². The van der Waals surface area contributed by atoms with Crippen molar-refractivity contribution in [2.75, 3.05) is 24.8 Å². The molecule has 1 heterocycles. The van der Waals surface area contributed by atoms with Gasteiger partial charge in [-0.05, 0) is 60.2 Å². The Balaban J connectivity index is 1.59. The number of hydrogen-bond acceptors (Lipinski definition) is 6. The fraction of sp³-hybridized carbons (Fsp3) is 0.241. The summed E-state index contributed by atoms with van der Waals surface area (Å²) in [7, 11) is 3.42. The second-order valence-corrected chi connectivity index (χ2v) is 10.2. The van der Waals surface area contributed by atoms with E-state index in [1.807, 2.05) is 51.1 Å². The standard InChI is InChI=1S/C29H30ClN5O3/c1-29(2,3)28(37)32-16-17-6-13-23(30)22(14-17)27(36)33-19-9-12-21-24(15-19)34-25(35-26(21)31-4)18-7-10-20(38-5)11-8-18/h6-15H,16H2,1-5H3,(H,32,37)(H,33,36)(H,31,34,35).